The zero-order valence-corrected chi connectivity index (χ0v) is 17.1. The molecule has 3 heterocycles. The summed E-state index contributed by atoms with van der Waals surface area (Å²) < 4.78 is 5.46. The number of nitrogens with one attached hydrogen (secondary N) is 1. The largest absolute Gasteiger partial charge is 0.497 e. The Balaban J connectivity index is 1.66. The number of fused-ring (bicyclic) bond motifs is 3. The molecular weight excluding hydrogens is 352 g/mol. The van der Waals surface area contributed by atoms with E-state index in [1.54, 1.807) is 18.4 Å². The monoisotopic (exact) mass is 380 g/mol. The first kappa shape index (κ1) is 17.4. The number of hydrogen-bond donors (Lipinski definition) is 1. The maximum Gasteiger partial charge on any atom is 0.119 e. The van der Waals surface area contributed by atoms with Gasteiger partial charge in [0, 0.05) is 42.2 Å². The normalized spacial score (nSPS) is 23.6. The van der Waals surface area contributed by atoms with Crippen LogP contribution in [0.4, 0.5) is 5.69 Å². The molecule has 1 N–H and O–H groups in total. The van der Waals surface area contributed by atoms with E-state index < -0.39 is 0 Å². The molecule has 0 aliphatic carbocycles. The third-order valence-corrected chi connectivity index (χ3v) is 7.48. The number of hydrogen-bond acceptors (Lipinski definition) is 4. The number of methoxy groups -OCH3 is 1. The number of aryl methyl sites for hydroxylation is 1. The van der Waals surface area contributed by atoms with Gasteiger partial charge in [0.05, 0.1) is 7.11 Å². The van der Waals surface area contributed by atoms with Gasteiger partial charge in [-0.25, -0.2) is 0 Å². The molecular formula is C23H28N2OS. The number of nitrogens with zero attached hydrogens (tertiary/aromatic N) is 1. The molecule has 1 saturated heterocycles. The van der Waals surface area contributed by atoms with Gasteiger partial charge in [-0.05, 0) is 71.5 Å². The van der Waals surface area contributed by atoms with Crippen LogP contribution in [-0.4, -0.2) is 38.5 Å². The Morgan fingerprint density at radius 2 is 2.19 bits per heavy atom. The Hall–Kier alpha value is -1.65. The van der Waals surface area contributed by atoms with Gasteiger partial charge in [0.1, 0.15) is 5.75 Å². The summed E-state index contributed by atoms with van der Waals surface area (Å²) in [5.74, 6) is 3.96. The fourth-order valence-corrected chi connectivity index (χ4v) is 6.12. The zero-order chi connectivity index (χ0) is 18.4. The summed E-state index contributed by atoms with van der Waals surface area (Å²) in [6.45, 7) is 5.71. The molecule has 142 valence electrons. The summed E-state index contributed by atoms with van der Waals surface area (Å²) >= 11 is 2.09. The topological polar surface area (TPSA) is 24.5 Å². The van der Waals surface area contributed by atoms with Crippen molar-refractivity contribution in [3.8, 4) is 16.9 Å². The SMILES string of the molecule is CCc1cc(OC)ccc1-c1cc2c3c(c1)[C@@H]1CNCC[C@@H]1N3CCSC2. The second kappa shape index (κ2) is 7.06. The van der Waals surface area contributed by atoms with Gasteiger partial charge in [0.25, 0.3) is 0 Å². The molecule has 0 aromatic heterocycles. The maximum atomic E-state index is 5.46. The van der Waals surface area contributed by atoms with Gasteiger partial charge >= 0.3 is 0 Å². The highest BCUT2D eigenvalue weighted by Gasteiger charge is 2.41. The summed E-state index contributed by atoms with van der Waals surface area (Å²) in [5, 5.41) is 3.65. The van der Waals surface area contributed by atoms with Crippen LogP contribution in [0.1, 0.15) is 36.0 Å². The molecule has 0 spiro atoms. The molecule has 0 radical (unpaired) electrons. The number of thioether (sulfide) groups is 1. The molecule has 5 rings (SSSR count). The van der Waals surface area contributed by atoms with Crippen molar-refractivity contribution in [1.82, 2.24) is 5.32 Å². The molecule has 0 bridgehead atoms. The second-order valence-electron chi connectivity index (χ2n) is 7.86. The van der Waals surface area contributed by atoms with Gasteiger partial charge in [0.15, 0.2) is 0 Å². The van der Waals surface area contributed by atoms with E-state index in [0.717, 1.165) is 31.0 Å². The van der Waals surface area contributed by atoms with Crippen LogP contribution in [0.15, 0.2) is 30.3 Å². The lowest BCUT2D eigenvalue weighted by Gasteiger charge is -2.33. The molecule has 3 aliphatic heterocycles. The molecule has 1 fully saturated rings. The lowest BCUT2D eigenvalue weighted by atomic mass is 9.87. The van der Waals surface area contributed by atoms with Crippen molar-refractivity contribution in [2.45, 2.75) is 37.5 Å². The number of rotatable bonds is 3. The summed E-state index contributed by atoms with van der Waals surface area (Å²) in [6.07, 6.45) is 2.29. The predicted molar refractivity (Wildman–Crippen MR) is 115 cm³/mol. The van der Waals surface area contributed by atoms with Crippen LogP contribution in [-0.2, 0) is 12.2 Å². The van der Waals surface area contributed by atoms with Crippen molar-refractivity contribution >= 4 is 17.4 Å². The third kappa shape index (κ3) is 2.85. The van der Waals surface area contributed by atoms with E-state index in [1.807, 2.05) is 0 Å². The van der Waals surface area contributed by atoms with Crippen molar-refractivity contribution in [2.75, 3.05) is 37.4 Å². The first-order valence-corrected chi connectivity index (χ1v) is 11.3. The number of ether oxygens (including phenoxy) is 1. The van der Waals surface area contributed by atoms with E-state index in [9.17, 15) is 0 Å². The zero-order valence-electron chi connectivity index (χ0n) is 16.3. The maximum absolute atomic E-state index is 5.46. The van der Waals surface area contributed by atoms with Crippen molar-refractivity contribution in [3.05, 3.63) is 47.0 Å². The second-order valence-corrected chi connectivity index (χ2v) is 8.97. The number of piperidine rings is 1. The Morgan fingerprint density at radius 3 is 3.04 bits per heavy atom. The molecule has 0 saturated carbocycles. The number of anilines is 1. The van der Waals surface area contributed by atoms with Crippen LogP contribution in [0, 0.1) is 0 Å². The van der Waals surface area contributed by atoms with Crippen LogP contribution in [0.25, 0.3) is 11.1 Å². The van der Waals surface area contributed by atoms with Crippen LogP contribution < -0.4 is 15.0 Å². The first-order valence-electron chi connectivity index (χ1n) is 10.2. The van der Waals surface area contributed by atoms with E-state index in [4.69, 9.17) is 4.74 Å². The average Bonchev–Trinajstić information content (AvgIpc) is 2.88. The van der Waals surface area contributed by atoms with Gasteiger partial charge in [-0.3, -0.25) is 0 Å². The molecule has 2 aromatic carbocycles. The third-order valence-electron chi connectivity index (χ3n) is 6.49. The van der Waals surface area contributed by atoms with Crippen LogP contribution in [0.2, 0.25) is 0 Å². The van der Waals surface area contributed by atoms with Gasteiger partial charge in [-0.1, -0.05) is 13.0 Å². The van der Waals surface area contributed by atoms with E-state index in [0.29, 0.717) is 12.0 Å². The molecule has 3 aliphatic rings. The standard InChI is InChI=1S/C23H28N2OS/c1-3-15-11-18(26-2)4-5-19(15)16-10-17-14-27-9-8-25-22-6-7-24-13-21(22)20(12-16)23(17)25/h4-5,10-12,21-22,24H,3,6-9,13-14H2,1-2H3/t21-,22-/m0/s1. The molecule has 27 heavy (non-hydrogen) atoms. The Morgan fingerprint density at radius 1 is 1.26 bits per heavy atom. The Kier molecular flexibility index (Phi) is 4.57. The Bertz CT molecular complexity index is 866. The van der Waals surface area contributed by atoms with E-state index in [1.165, 1.54) is 41.0 Å². The van der Waals surface area contributed by atoms with Crippen molar-refractivity contribution in [3.63, 3.8) is 0 Å². The van der Waals surface area contributed by atoms with E-state index >= 15 is 0 Å². The molecule has 0 amide bonds. The van der Waals surface area contributed by atoms with Gasteiger partial charge in [0.2, 0.25) is 0 Å². The van der Waals surface area contributed by atoms with E-state index in [-0.39, 0.29) is 0 Å². The summed E-state index contributed by atoms with van der Waals surface area (Å²) in [6, 6.07) is 12.2. The molecule has 0 unspecified atom stereocenters. The predicted octanol–water partition coefficient (Wildman–Crippen LogP) is 4.44. The van der Waals surface area contributed by atoms with Crippen LogP contribution in [0.5, 0.6) is 5.75 Å². The van der Waals surface area contributed by atoms with Gasteiger partial charge in [-0.15, -0.1) is 0 Å². The minimum atomic E-state index is 0.638. The average molecular weight is 381 g/mol. The fourth-order valence-electron chi connectivity index (χ4n) is 5.21. The van der Waals surface area contributed by atoms with E-state index in [2.05, 4.69) is 59.2 Å². The minimum Gasteiger partial charge on any atom is -0.497 e. The Labute approximate surface area is 166 Å². The molecule has 3 nitrogen and oxygen atoms in total. The van der Waals surface area contributed by atoms with Crippen LogP contribution >= 0.6 is 11.8 Å². The highest BCUT2D eigenvalue weighted by molar-refractivity contribution is 7.98. The first-order chi connectivity index (χ1) is 13.3. The highest BCUT2D eigenvalue weighted by Crippen LogP contribution is 2.49. The molecule has 4 heteroatoms. The molecule has 2 atom stereocenters. The summed E-state index contributed by atoms with van der Waals surface area (Å²) in [4.78, 5) is 2.74. The van der Waals surface area contributed by atoms with Crippen molar-refractivity contribution < 1.29 is 4.74 Å². The van der Waals surface area contributed by atoms with Crippen molar-refractivity contribution in [2.24, 2.45) is 0 Å². The fraction of sp³-hybridized carbons (Fsp3) is 0.478. The highest BCUT2D eigenvalue weighted by atomic mass is 32.2. The smallest absolute Gasteiger partial charge is 0.119 e. The summed E-state index contributed by atoms with van der Waals surface area (Å²) in [5.41, 5.74) is 8.81. The summed E-state index contributed by atoms with van der Waals surface area (Å²) in [7, 11) is 1.75. The van der Waals surface area contributed by atoms with Gasteiger partial charge in [-0.2, -0.15) is 11.8 Å². The number of benzene rings is 2. The van der Waals surface area contributed by atoms with Gasteiger partial charge < -0.3 is 15.0 Å². The lowest BCUT2D eigenvalue weighted by molar-refractivity contribution is 0.406. The molecule has 2 aromatic rings. The van der Waals surface area contributed by atoms with Crippen LogP contribution in [0.3, 0.4) is 0 Å². The van der Waals surface area contributed by atoms with Crippen molar-refractivity contribution in [1.29, 1.82) is 0 Å². The quantitative estimate of drug-likeness (QED) is 0.851. The minimum absolute atomic E-state index is 0.638. The lowest BCUT2D eigenvalue weighted by Crippen LogP contribution is -2.44.